The van der Waals surface area contributed by atoms with Crippen LogP contribution in [0.2, 0.25) is 0 Å². The Morgan fingerprint density at radius 3 is 2.65 bits per heavy atom. The van der Waals surface area contributed by atoms with E-state index in [-0.39, 0.29) is 5.91 Å². The predicted molar refractivity (Wildman–Crippen MR) is 92.0 cm³/mol. The lowest BCUT2D eigenvalue weighted by Crippen LogP contribution is -2.45. The molecular formula is C19H28N2O2. The maximum atomic E-state index is 13.0. The summed E-state index contributed by atoms with van der Waals surface area (Å²) in [6.07, 6.45) is 7.24. The summed E-state index contributed by atoms with van der Waals surface area (Å²) in [5.41, 5.74) is 0.697. The molecule has 0 aromatic heterocycles. The van der Waals surface area contributed by atoms with Crippen molar-refractivity contribution in [1.82, 2.24) is 9.80 Å². The van der Waals surface area contributed by atoms with Crippen LogP contribution >= 0.6 is 0 Å². The third kappa shape index (κ3) is 3.86. The van der Waals surface area contributed by atoms with Gasteiger partial charge in [-0.1, -0.05) is 12.1 Å². The first-order valence-corrected chi connectivity index (χ1v) is 8.96. The highest BCUT2D eigenvalue weighted by Crippen LogP contribution is 2.26. The zero-order valence-electron chi connectivity index (χ0n) is 14.2. The van der Waals surface area contributed by atoms with Crippen molar-refractivity contribution in [3.8, 4) is 5.75 Å². The molecule has 2 aliphatic heterocycles. The second-order valence-electron chi connectivity index (χ2n) is 6.69. The monoisotopic (exact) mass is 316 g/mol. The van der Waals surface area contributed by atoms with Crippen LogP contribution in [-0.4, -0.2) is 55.0 Å². The summed E-state index contributed by atoms with van der Waals surface area (Å²) in [7, 11) is 1.63. The van der Waals surface area contributed by atoms with Gasteiger partial charge in [-0.05, 0) is 63.7 Å². The number of carbonyl (C=O) groups is 1. The van der Waals surface area contributed by atoms with Crippen molar-refractivity contribution in [2.75, 3.05) is 33.3 Å². The molecule has 1 aromatic carbocycles. The van der Waals surface area contributed by atoms with Gasteiger partial charge in [-0.3, -0.25) is 4.79 Å². The lowest BCUT2D eigenvalue weighted by Gasteiger charge is -2.37. The smallest absolute Gasteiger partial charge is 0.257 e. The summed E-state index contributed by atoms with van der Waals surface area (Å²) in [5, 5.41) is 0. The number of piperidine rings is 1. The zero-order valence-corrected chi connectivity index (χ0v) is 14.2. The van der Waals surface area contributed by atoms with Gasteiger partial charge in [0, 0.05) is 19.1 Å². The summed E-state index contributed by atoms with van der Waals surface area (Å²) < 4.78 is 5.38. The van der Waals surface area contributed by atoms with E-state index < -0.39 is 0 Å². The molecule has 2 heterocycles. The molecule has 2 aliphatic rings. The van der Waals surface area contributed by atoms with E-state index in [9.17, 15) is 4.79 Å². The number of methoxy groups -OCH3 is 1. The Balaban J connectivity index is 1.68. The molecule has 1 amide bonds. The molecule has 0 aliphatic carbocycles. The Hall–Kier alpha value is -1.55. The fourth-order valence-electron chi connectivity index (χ4n) is 3.88. The lowest BCUT2D eigenvalue weighted by molar-refractivity contribution is 0.0584. The highest BCUT2D eigenvalue weighted by Gasteiger charge is 2.29. The third-order valence-corrected chi connectivity index (χ3v) is 5.20. The molecule has 0 saturated carbocycles. The number of nitrogens with zero attached hydrogens (tertiary/aromatic N) is 2. The maximum absolute atomic E-state index is 13.0. The van der Waals surface area contributed by atoms with Crippen molar-refractivity contribution < 1.29 is 9.53 Å². The van der Waals surface area contributed by atoms with Crippen LogP contribution in [0, 0.1) is 0 Å². The largest absolute Gasteiger partial charge is 0.496 e. The van der Waals surface area contributed by atoms with Crippen molar-refractivity contribution in [3.63, 3.8) is 0 Å². The molecule has 0 unspecified atom stereocenters. The molecule has 0 spiro atoms. The average molecular weight is 316 g/mol. The van der Waals surface area contributed by atoms with Crippen molar-refractivity contribution in [1.29, 1.82) is 0 Å². The van der Waals surface area contributed by atoms with Crippen molar-refractivity contribution >= 4 is 5.91 Å². The Bertz CT molecular complexity index is 526. The number of hydrogen-bond acceptors (Lipinski definition) is 3. The number of para-hydroxylation sites is 1. The molecule has 126 valence electrons. The predicted octanol–water partition coefficient (Wildman–Crippen LogP) is 3.18. The molecule has 3 rings (SSSR count). The van der Waals surface area contributed by atoms with Gasteiger partial charge in [0.25, 0.3) is 5.91 Å². The fourth-order valence-corrected chi connectivity index (χ4v) is 3.88. The lowest BCUT2D eigenvalue weighted by atomic mass is 9.97. The van der Waals surface area contributed by atoms with E-state index in [0.717, 1.165) is 32.4 Å². The number of rotatable bonds is 5. The van der Waals surface area contributed by atoms with Crippen molar-refractivity contribution in [2.45, 2.75) is 44.6 Å². The molecule has 0 bridgehead atoms. The van der Waals surface area contributed by atoms with Crippen LogP contribution in [0.15, 0.2) is 24.3 Å². The second-order valence-corrected chi connectivity index (χ2v) is 6.69. The Morgan fingerprint density at radius 2 is 1.87 bits per heavy atom. The minimum Gasteiger partial charge on any atom is -0.496 e. The molecule has 23 heavy (non-hydrogen) atoms. The first-order valence-electron chi connectivity index (χ1n) is 8.96. The van der Waals surface area contributed by atoms with E-state index in [1.54, 1.807) is 7.11 Å². The minimum atomic E-state index is 0.133. The third-order valence-electron chi connectivity index (χ3n) is 5.20. The van der Waals surface area contributed by atoms with Crippen molar-refractivity contribution in [2.24, 2.45) is 0 Å². The number of amides is 1. The molecular weight excluding hydrogens is 288 g/mol. The zero-order chi connectivity index (χ0) is 16.1. The van der Waals surface area contributed by atoms with Gasteiger partial charge in [0.05, 0.1) is 12.7 Å². The van der Waals surface area contributed by atoms with Gasteiger partial charge in [-0.25, -0.2) is 0 Å². The van der Waals surface area contributed by atoms with Gasteiger partial charge in [0.15, 0.2) is 0 Å². The van der Waals surface area contributed by atoms with Crippen LogP contribution in [-0.2, 0) is 0 Å². The summed E-state index contributed by atoms with van der Waals surface area (Å²) >= 11 is 0. The molecule has 4 nitrogen and oxygen atoms in total. The van der Waals surface area contributed by atoms with E-state index in [2.05, 4.69) is 9.80 Å². The Kier molecular flexibility index (Phi) is 5.55. The quantitative estimate of drug-likeness (QED) is 0.836. The van der Waals surface area contributed by atoms with Crippen LogP contribution in [0.5, 0.6) is 5.75 Å². The molecule has 0 N–H and O–H groups in total. The number of hydrogen-bond donors (Lipinski definition) is 0. The number of benzene rings is 1. The van der Waals surface area contributed by atoms with Crippen LogP contribution in [0.4, 0.5) is 0 Å². The van der Waals surface area contributed by atoms with E-state index in [1.807, 2.05) is 24.3 Å². The number of carbonyl (C=O) groups excluding carboxylic acids is 1. The topological polar surface area (TPSA) is 32.8 Å². The molecule has 2 saturated heterocycles. The molecule has 1 aromatic rings. The van der Waals surface area contributed by atoms with Gasteiger partial charge < -0.3 is 14.5 Å². The molecule has 2 fully saturated rings. The highest BCUT2D eigenvalue weighted by molar-refractivity contribution is 5.97. The number of ether oxygens (including phenoxy) is 1. The van der Waals surface area contributed by atoms with Gasteiger partial charge in [0.2, 0.25) is 0 Å². The molecule has 0 radical (unpaired) electrons. The van der Waals surface area contributed by atoms with E-state index in [0.29, 0.717) is 17.4 Å². The summed E-state index contributed by atoms with van der Waals surface area (Å²) in [5.74, 6) is 0.815. The van der Waals surface area contributed by atoms with Crippen LogP contribution in [0.3, 0.4) is 0 Å². The molecule has 1 atom stereocenters. The van der Waals surface area contributed by atoms with Crippen LogP contribution < -0.4 is 4.74 Å². The Morgan fingerprint density at radius 1 is 1.13 bits per heavy atom. The van der Waals surface area contributed by atoms with Gasteiger partial charge in [-0.15, -0.1) is 0 Å². The first kappa shape index (κ1) is 16.3. The summed E-state index contributed by atoms with van der Waals surface area (Å²) in [4.78, 5) is 17.7. The summed E-state index contributed by atoms with van der Waals surface area (Å²) in [6.45, 7) is 4.46. The van der Waals surface area contributed by atoms with Crippen LogP contribution in [0.25, 0.3) is 0 Å². The van der Waals surface area contributed by atoms with Crippen LogP contribution in [0.1, 0.15) is 48.9 Å². The summed E-state index contributed by atoms with van der Waals surface area (Å²) in [6, 6.07) is 7.96. The minimum absolute atomic E-state index is 0.133. The van der Waals surface area contributed by atoms with Gasteiger partial charge >= 0.3 is 0 Å². The second kappa shape index (κ2) is 7.82. The van der Waals surface area contributed by atoms with E-state index in [4.69, 9.17) is 4.74 Å². The standard InChI is InChI=1S/C19H28N2O2/c1-23-18-10-3-2-9-17(18)19(22)21-14-5-4-8-16(21)11-15-20-12-6-7-13-20/h2-3,9-10,16H,4-8,11-15H2,1H3/t16-/m1/s1. The SMILES string of the molecule is COc1ccccc1C(=O)N1CCCC[C@@H]1CCN1CCCC1. The molecule has 4 heteroatoms. The van der Waals surface area contributed by atoms with E-state index in [1.165, 1.54) is 32.4 Å². The fraction of sp³-hybridized carbons (Fsp3) is 0.632. The average Bonchev–Trinajstić information content (AvgIpc) is 3.13. The maximum Gasteiger partial charge on any atom is 0.257 e. The highest BCUT2D eigenvalue weighted by atomic mass is 16.5. The normalized spacial score (nSPS) is 22.3. The van der Waals surface area contributed by atoms with Crippen molar-refractivity contribution in [3.05, 3.63) is 29.8 Å². The first-order chi connectivity index (χ1) is 11.3. The van der Waals surface area contributed by atoms with Gasteiger partial charge in [0.1, 0.15) is 5.75 Å². The van der Waals surface area contributed by atoms with E-state index >= 15 is 0 Å². The van der Waals surface area contributed by atoms with Gasteiger partial charge in [-0.2, -0.15) is 0 Å². The Labute approximate surface area is 139 Å². The number of likely N-dealkylation sites (tertiary alicyclic amines) is 2.